The number of benzene rings is 1. The van der Waals surface area contributed by atoms with Crippen molar-refractivity contribution in [2.24, 2.45) is 0 Å². The molecule has 0 aromatic heterocycles. The summed E-state index contributed by atoms with van der Waals surface area (Å²) in [5.74, 6) is 0.428. The molecule has 1 heterocycles. The van der Waals surface area contributed by atoms with E-state index in [0.717, 1.165) is 44.2 Å². The molecule has 4 rings (SSSR count). The molecular formula is C21H29N4O3+. The van der Waals surface area contributed by atoms with Crippen LogP contribution >= 0.6 is 0 Å². The van der Waals surface area contributed by atoms with Crippen molar-refractivity contribution in [1.82, 2.24) is 10.7 Å². The van der Waals surface area contributed by atoms with Gasteiger partial charge in [-0.1, -0.05) is 6.58 Å². The maximum Gasteiger partial charge on any atom is 0.366 e. The van der Waals surface area contributed by atoms with Gasteiger partial charge in [0.15, 0.2) is 0 Å². The molecule has 28 heavy (non-hydrogen) atoms. The van der Waals surface area contributed by atoms with Crippen molar-refractivity contribution in [3.8, 4) is 0 Å². The maximum atomic E-state index is 12.8. The first kappa shape index (κ1) is 18.8. The van der Waals surface area contributed by atoms with Crippen LogP contribution in [0.4, 0.5) is 10.5 Å². The number of urea groups is 1. The summed E-state index contributed by atoms with van der Waals surface area (Å²) >= 11 is 0. The first-order valence-electron chi connectivity index (χ1n) is 10.0. The van der Waals surface area contributed by atoms with Crippen LogP contribution < -0.4 is 16.1 Å². The van der Waals surface area contributed by atoms with Crippen LogP contribution in [0.2, 0.25) is 0 Å². The normalized spacial score (nSPS) is 21.1. The van der Waals surface area contributed by atoms with Gasteiger partial charge in [-0.3, -0.25) is 0 Å². The number of anilines is 1. The molecule has 0 bridgehead atoms. The Bertz CT molecular complexity index is 830. The second-order valence-corrected chi connectivity index (χ2v) is 7.84. The molecule has 1 aromatic carbocycles. The number of rotatable bonds is 4. The second-order valence-electron chi connectivity index (χ2n) is 7.84. The summed E-state index contributed by atoms with van der Waals surface area (Å²) in [6.45, 7) is 7.13. The van der Waals surface area contributed by atoms with Crippen molar-refractivity contribution in [3.05, 3.63) is 52.1 Å². The van der Waals surface area contributed by atoms with E-state index in [1.54, 1.807) is 0 Å². The average Bonchev–Trinajstić information content (AvgIpc) is 3.38. The Morgan fingerprint density at radius 1 is 1.18 bits per heavy atom. The lowest BCUT2D eigenvalue weighted by Gasteiger charge is -2.26. The van der Waals surface area contributed by atoms with Crippen molar-refractivity contribution in [2.75, 3.05) is 25.5 Å². The number of amides is 2. The number of carbonyl (C=O) groups is 1. The molecular weight excluding hydrogens is 356 g/mol. The number of allylic oxidation sites excluding steroid dienone is 1. The highest BCUT2D eigenvalue weighted by Gasteiger charge is 2.34. The van der Waals surface area contributed by atoms with E-state index in [0.29, 0.717) is 24.7 Å². The largest absolute Gasteiger partial charge is 0.473 e. The highest BCUT2D eigenvalue weighted by atomic mass is 16.6. The zero-order chi connectivity index (χ0) is 19.9. The summed E-state index contributed by atoms with van der Waals surface area (Å²) in [5.41, 5.74) is 10.7. The standard InChI is InChI=1S/C21H28N4O3/c1-4-18(20-22-11-12-28-20)25(3,27)24-21(26)23-19-16-9-5-7-14(16)13(2)15-8-6-10-17(15)19/h4,22,27H,1,5-12H2,2-3H3,(H-,23,24,26)/p+1/b20-18-. The van der Waals surface area contributed by atoms with Crippen molar-refractivity contribution < 1.29 is 19.5 Å². The van der Waals surface area contributed by atoms with Gasteiger partial charge in [-0.2, -0.15) is 5.21 Å². The Hall–Kier alpha value is -2.51. The lowest BCUT2D eigenvalue weighted by atomic mass is 9.93. The van der Waals surface area contributed by atoms with E-state index in [9.17, 15) is 10.0 Å². The molecule has 7 heteroatoms. The van der Waals surface area contributed by atoms with Crippen LogP contribution in [-0.2, 0) is 30.4 Å². The smallest absolute Gasteiger partial charge is 0.366 e. The van der Waals surface area contributed by atoms with Gasteiger partial charge < -0.3 is 15.4 Å². The first-order valence-corrected chi connectivity index (χ1v) is 10.0. The molecule has 3 aliphatic rings. The molecule has 1 aromatic rings. The van der Waals surface area contributed by atoms with E-state index >= 15 is 0 Å². The summed E-state index contributed by atoms with van der Waals surface area (Å²) in [6, 6.07) is -0.449. The van der Waals surface area contributed by atoms with Crippen LogP contribution in [0.5, 0.6) is 0 Å². The van der Waals surface area contributed by atoms with Crippen LogP contribution in [0.1, 0.15) is 40.7 Å². The van der Waals surface area contributed by atoms with Gasteiger partial charge in [-0.05, 0) is 78.0 Å². The second kappa shape index (κ2) is 7.14. The van der Waals surface area contributed by atoms with Crippen molar-refractivity contribution in [2.45, 2.75) is 45.4 Å². The monoisotopic (exact) mass is 385 g/mol. The van der Waals surface area contributed by atoms with Crippen LogP contribution in [0.3, 0.4) is 0 Å². The molecule has 150 valence electrons. The Labute approximate surface area is 165 Å². The number of nitrogens with zero attached hydrogens (tertiary/aromatic N) is 1. The lowest BCUT2D eigenvalue weighted by molar-refractivity contribution is -1.08. The van der Waals surface area contributed by atoms with E-state index in [1.165, 1.54) is 40.9 Å². The summed E-state index contributed by atoms with van der Waals surface area (Å²) in [7, 11) is 1.47. The van der Waals surface area contributed by atoms with Gasteiger partial charge in [0.05, 0.1) is 6.54 Å². The molecule has 1 unspecified atom stereocenters. The van der Waals surface area contributed by atoms with Gasteiger partial charge in [0, 0.05) is 11.8 Å². The lowest BCUT2D eigenvalue weighted by Crippen LogP contribution is -2.55. The summed E-state index contributed by atoms with van der Waals surface area (Å²) in [6.07, 6.45) is 7.86. The number of fused-ring (bicyclic) bond motifs is 2. The van der Waals surface area contributed by atoms with E-state index in [2.05, 4.69) is 29.6 Å². The van der Waals surface area contributed by atoms with Gasteiger partial charge >= 0.3 is 6.03 Å². The summed E-state index contributed by atoms with van der Waals surface area (Å²) in [4.78, 5) is 12.8. The molecule has 0 spiro atoms. The van der Waals surface area contributed by atoms with Gasteiger partial charge in [0.2, 0.25) is 5.70 Å². The molecule has 0 saturated carbocycles. The topological polar surface area (TPSA) is 82.6 Å². The molecule has 1 fully saturated rings. The molecule has 2 aliphatic carbocycles. The maximum absolute atomic E-state index is 12.8. The zero-order valence-electron chi connectivity index (χ0n) is 16.7. The Morgan fingerprint density at radius 2 is 1.79 bits per heavy atom. The molecule has 1 atom stereocenters. The molecule has 1 saturated heterocycles. The van der Waals surface area contributed by atoms with E-state index in [1.807, 2.05) is 0 Å². The van der Waals surface area contributed by atoms with Crippen molar-refractivity contribution in [3.63, 3.8) is 0 Å². The predicted octanol–water partition coefficient (Wildman–Crippen LogP) is 2.82. The Kier molecular flexibility index (Phi) is 4.81. The number of quaternary nitrogens is 1. The van der Waals surface area contributed by atoms with Crippen molar-refractivity contribution >= 4 is 11.7 Å². The van der Waals surface area contributed by atoms with E-state index in [-0.39, 0.29) is 0 Å². The predicted molar refractivity (Wildman–Crippen MR) is 107 cm³/mol. The first-order chi connectivity index (χ1) is 13.4. The molecule has 7 nitrogen and oxygen atoms in total. The Balaban J connectivity index is 1.60. The quantitative estimate of drug-likeness (QED) is 0.474. The van der Waals surface area contributed by atoms with Crippen LogP contribution in [0.15, 0.2) is 24.2 Å². The number of carbonyl (C=O) groups excluding carboxylic acids is 1. The van der Waals surface area contributed by atoms with Crippen molar-refractivity contribution in [1.29, 1.82) is 0 Å². The third kappa shape index (κ3) is 3.14. The van der Waals surface area contributed by atoms with Gasteiger partial charge in [0.25, 0.3) is 5.88 Å². The number of hydrogen-bond acceptors (Lipinski definition) is 4. The Morgan fingerprint density at radius 3 is 2.32 bits per heavy atom. The van der Waals surface area contributed by atoms with Gasteiger partial charge in [-0.15, -0.1) is 5.43 Å². The third-order valence-corrected chi connectivity index (χ3v) is 6.03. The number of ether oxygens (including phenoxy) is 1. The fourth-order valence-electron chi connectivity index (χ4n) is 4.78. The SMILES string of the molecule is C=C/C(=C1\NCCO1)[N+](C)(O)NC(=O)Nc1c2c(c(C)c3c1CCC3)CCC2. The van der Waals surface area contributed by atoms with E-state index < -0.39 is 10.8 Å². The minimum atomic E-state index is -0.853. The number of nitrogens with one attached hydrogen (secondary N) is 3. The number of hydroxylamine groups is 2. The minimum Gasteiger partial charge on any atom is -0.473 e. The van der Waals surface area contributed by atoms with Crippen LogP contribution in [-0.4, -0.2) is 36.2 Å². The molecule has 2 amide bonds. The molecule has 0 radical (unpaired) electrons. The number of hydrogen-bond donors (Lipinski definition) is 4. The number of likely N-dealkylation sites (N-methyl/N-ethyl adjacent to an activating group) is 1. The molecule has 1 aliphatic heterocycles. The minimum absolute atomic E-state index is 0.354. The summed E-state index contributed by atoms with van der Waals surface area (Å²) in [5, 5.41) is 16.9. The van der Waals surface area contributed by atoms with Gasteiger partial charge in [-0.25, -0.2) is 4.79 Å². The fourth-order valence-corrected chi connectivity index (χ4v) is 4.78. The van der Waals surface area contributed by atoms with Gasteiger partial charge in [0.1, 0.15) is 13.7 Å². The highest BCUT2D eigenvalue weighted by molar-refractivity contribution is 5.91. The van der Waals surface area contributed by atoms with Crippen LogP contribution in [0.25, 0.3) is 0 Å². The third-order valence-electron chi connectivity index (χ3n) is 6.03. The highest BCUT2D eigenvalue weighted by Crippen LogP contribution is 2.41. The summed E-state index contributed by atoms with van der Waals surface area (Å²) < 4.78 is 4.62. The fraction of sp³-hybridized carbons (Fsp3) is 0.476. The average molecular weight is 385 g/mol. The van der Waals surface area contributed by atoms with E-state index in [4.69, 9.17) is 4.74 Å². The van der Waals surface area contributed by atoms with Crippen LogP contribution in [0, 0.1) is 6.92 Å². The zero-order valence-corrected chi connectivity index (χ0v) is 16.7. The molecule has 4 N–H and O–H groups in total.